The molecule has 2 aromatic carbocycles. The molecule has 3 aromatic rings. The van der Waals surface area contributed by atoms with Crippen molar-refractivity contribution in [3.63, 3.8) is 0 Å². The van der Waals surface area contributed by atoms with E-state index in [1.54, 1.807) is 23.1 Å². The van der Waals surface area contributed by atoms with Gasteiger partial charge in [0, 0.05) is 31.1 Å². The van der Waals surface area contributed by atoms with E-state index >= 15 is 0 Å². The lowest BCUT2D eigenvalue weighted by Crippen LogP contribution is -2.49. The van der Waals surface area contributed by atoms with Gasteiger partial charge in [-0.3, -0.25) is 4.79 Å². The Kier molecular flexibility index (Phi) is 5.60. The van der Waals surface area contributed by atoms with Crippen molar-refractivity contribution in [1.29, 1.82) is 0 Å². The number of aryl methyl sites for hydroxylation is 2. The number of amides is 1. The maximum absolute atomic E-state index is 12.8. The first-order valence-electron chi connectivity index (χ1n) is 9.57. The van der Waals surface area contributed by atoms with Gasteiger partial charge < -0.3 is 9.80 Å². The van der Waals surface area contributed by atoms with E-state index < -0.39 is 0 Å². The van der Waals surface area contributed by atoms with Gasteiger partial charge in [-0.05, 0) is 49.4 Å². The van der Waals surface area contributed by atoms with E-state index in [0.29, 0.717) is 6.42 Å². The lowest BCUT2D eigenvalue weighted by atomic mass is 10.0. The van der Waals surface area contributed by atoms with Crippen molar-refractivity contribution >= 4 is 44.4 Å². The highest BCUT2D eigenvalue weighted by molar-refractivity contribution is 7.98. The minimum absolute atomic E-state index is 0.223. The molecule has 28 heavy (non-hydrogen) atoms. The van der Waals surface area contributed by atoms with Crippen LogP contribution in [0.1, 0.15) is 16.7 Å². The molecule has 1 aromatic heterocycles. The Morgan fingerprint density at radius 3 is 2.61 bits per heavy atom. The van der Waals surface area contributed by atoms with E-state index in [2.05, 4.69) is 61.4 Å². The first kappa shape index (κ1) is 19.3. The highest BCUT2D eigenvalue weighted by Gasteiger charge is 2.23. The zero-order chi connectivity index (χ0) is 19.7. The predicted octanol–water partition coefficient (Wildman–Crippen LogP) is 4.53. The first-order valence-corrected chi connectivity index (χ1v) is 11.6. The predicted molar refractivity (Wildman–Crippen MR) is 120 cm³/mol. The molecule has 6 heteroatoms. The Morgan fingerprint density at radius 2 is 1.89 bits per heavy atom. The normalized spacial score (nSPS) is 14.7. The van der Waals surface area contributed by atoms with Crippen molar-refractivity contribution in [3.05, 3.63) is 53.1 Å². The van der Waals surface area contributed by atoms with Gasteiger partial charge in [0.2, 0.25) is 5.91 Å². The summed E-state index contributed by atoms with van der Waals surface area (Å²) in [5, 5.41) is 1.06. The Balaban J connectivity index is 1.39. The zero-order valence-corrected chi connectivity index (χ0v) is 18.2. The summed E-state index contributed by atoms with van der Waals surface area (Å²) in [6.45, 7) is 7.37. The Bertz CT molecular complexity index is 1010. The molecule has 4 rings (SSSR count). The summed E-state index contributed by atoms with van der Waals surface area (Å²) < 4.78 is 1.23. The van der Waals surface area contributed by atoms with Crippen molar-refractivity contribution in [3.8, 4) is 0 Å². The van der Waals surface area contributed by atoms with E-state index in [4.69, 9.17) is 4.98 Å². The molecule has 4 nitrogen and oxygen atoms in total. The Hall–Kier alpha value is -2.05. The summed E-state index contributed by atoms with van der Waals surface area (Å²) in [6, 6.07) is 12.8. The van der Waals surface area contributed by atoms with Gasteiger partial charge in [-0.25, -0.2) is 4.98 Å². The summed E-state index contributed by atoms with van der Waals surface area (Å²) in [7, 11) is 0. The summed E-state index contributed by atoms with van der Waals surface area (Å²) >= 11 is 3.50. The smallest absolute Gasteiger partial charge is 0.227 e. The van der Waals surface area contributed by atoms with Crippen LogP contribution in [0.2, 0.25) is 0 Å². The van der Waals surface area contributed by atoms with Crippen molar-refractivity contribution in [1.82, 2.24) is 9.88 Å². The number of thiazole rings is 1. The van der Waals surface area contributed by atoms with Gasteiger partial charge >= 0.3 is 0 Å². The Labute approximate surface area is 174 Å². The molecule has 0 radical (unpaired) electrons. The van der Waals surface area contributed by atoms with Crippen LogP contribution in [0.15, 0.2) is 41.3 Å². The van der Waals surface area contributed by atoms with E-state index in [9.17, 15) is 4.79 Å². The maximum Gasteiger partial charge on any atom is 0.227 e. The van der Waals surface area contributed by atoms with Gasteiger partial charge in [-0.1, -0.05) is 35.1 Å². The molecule has 0 saturated carbocycles. The SMILES string of the molecule is CSc1ccc2nc(N3CCN(C(=O)Cc4ccc(C)cc4C)CC3)sc2c1. The quantitative estimate of drug-likeness (QED) is 0.591. The van der Waals surface area contributed by atoms with Gasteiger partial charge in [0.25, 0.3) is 0 Å². The second-order valence-electron chi connectivity index (χ2n) is 7.30. The molecule has 2 heterocycles. The summed E-state index contributed by atoms with van der Waals surface area (Å²) in [5.74, 6) is 0.223. The van der Waals surface area contributed by atoms with Crippen LogP contribution in [-0.4, -0.2) is 48.2 Å². The fourth-order valence-corrected chi connectivity index (χ4v) is 5.19. The molecular weight excluding hydrogens is 386 g/mol. The van der Waals surface area contributed by atoms with E-state index in [1.165, 1.54) is 20.7 Å². The summed E-state index contributed by atoms with van der Waals surface area (Å²) in [4.78, 5) is 23.1. The maximum atomic E-state index is 12.8. The number of aromatic nitrogens is 1. The van der Waals surface area contributed by atoms with Crippen molar-refractivity contribution < 1.29 is 4.79 Å². The van der Waals surface area contributed by atoms with Crippen LogP contribution in [0.25, 0.3) is 10.2 Å². The van der Waals surface area contributed by atoms with Gasteiger partial charge in [0.15, 0.2) is 5.13 Å². The van der Waals surface area contributed by atoms with Crippen LogP contribution in [0.4, 0.5) is 5.13 Å². The third kappa shape index (κ3) is 4.03. The van der Waals surface area contributed by atoms with Crippen LogP contribution in [0.5, 0.6) is 0 Å². The Morgan fingerprint density at radius 1 is 1.11 bits per heavy atom. The molecule has 146 valence electrons. The number of carbonyl (C=O) groups is 1. The van der Waals surface area contributed by atoms with Crippen LogP contribution in [-0.2, 0) is 11.2 Å². The highest BCUT2D eigenvalue weighted by Crippen LogP contribution is 2.32. The van der Waals surface area contributed by atoms with Gasteiger partial charge in [0.1, 0.15) is 0 Å². The number of fused-ring (bicyclic) bond motifs is 1. The van der Waals surface area contributed by atoms with Crippen LogP contribution in [0.3, 0.4) is 0 Å². The van der Waals surface area contributed by atoms with E-state index in [-0.39, 0.29) is 5.91 Å². The number of benzene rings is 2. The molecule has 0 N–H and O–H groups in total. The largest absolute Gasteiger partial charge is 0.345 e. The molecule has 0 spiro atoms. The number of hydrogen-bond acceptors (Lipinski definition) is 5. The van der Waals surface area contributed by atoms with Gasteiger partial charge in [-0.15, -0.1) is 11.8 Å². The van der Waals surface area contributed by atoms with Crippen molar-refractivity contribution in [2.75, 3.05) is 37.3 Å². The number of anilines is 1. The highest BCUT2D eigenvalue weighted by atomic mass is 32.2. The number of thioether (sulfide) groups is 1. The average molecular weight is 412 g/mol. The molecule has 0 atom stereocenters. The first-order chi connectivity index (χ1) is 13.5. The number of hydrogen-bond donors (Lipinski definition) is 0. The van der Waals surface area contributed by atoms with Crippen molar-refractivity contribution in [2.45, 2.75) is 25.2 Å². The molecule has 1 aliphatic heterocycles. The molecule has 1 aliphatic rings. The number of carbonyl (C=O) groups excluding carboxylic acids is 1. The molecule has 1 amide bonds. The average Bonchev–Trinajstić information content (AvgIpc) is 3.13. The van der Waals surface area contributed by atoms with E-state index in [1.807, 2.05) is 4.90 Å². The number of nitrogens with zero attached hydrogens (tertiary/aromatic N) is 3. The zero-order valence-electron chi connectivity index (χ0n) is 16.6. The second-order valence-corrected chi connectivity index (χ2v) is 9.19. The van der Waals surface area contributed by atoms with Crippen molar-refractivity contribution in [2.24, 2.45) is 0 Å². The lowest BCUT2D eigenvalue weighted by molar-refractivity contribution is -0.130. The van der Waals surface area contributed by atoms with E-state index in [0.717, 1.165) is 42.4 Å². The van der Waals surface area contributed by atoms with Crippen LogP contribution in [0, 0.1) is 13.8 Å². The third-order valence-electron chi connectivity index (χ3n) is 5.33. The third-order valence-corrected chi connectivity index (χ3v) is 7.13. The van der Waals surface area contributed by atoms with Gasteiger partial charge in [-0.2, -0.15) is 0 Å². The van der Waals surface area contributed by atoms with Gasteiger partial charge in [0.05, 0.1) is 16.6 Å². The van der Waals surface area contributed by atoms with Crippen LogP contribution < -0.4 is 4.90 Å². The van der Waals surface area contributed by atoms with Crippen LogP contribution >= 0.6 is 23.1 Å². The minimum atomic E-state index is 0.223. The lowest BCUT2D eigenvalue weighted by Gasteiger charge is -2.34. The molecule has 1 fully saturated rings. The molecule has 0 aliphatic carbocycles. The molecular formula is C22H25N3OS2. The topological polar surface area (TPSA) is 36.4 Å². The molecule has 0 unspecified atom stereocenters. The summed E-state index contributed by atoms with van der Waals surface area (Å²) in [5.41, 5.74) is 4.63. The monoisotopic (exact) mass is 411 g/mol. The summed E-state index contributed by atoms with van der Waals surface area (Å²) in [6.07, 6.45) is 2.59. The molecule has 0 bridgehead atoms. The fourth-order valence-electron chi connectivity index (χ4n) is 3.62. The standard InChI is InChI=1S/C22H25N3OS2/c1-15-4-5-17(16(2)12-15)13-21(26)24-8-10-25(11-9-24)22-23-19-7-6-18(27-3)14-20(19)28-22/h4-7,12,14H,8-11,13H2,1-3H3. The fraction of sp³-hybridized carbons (Fsp3) is 0.364. The molecule has 1 saturated heterocycles. The number of rotatable bonds is 4. The minimum Gasteiger partial charge on any atom is -0.345 e. The second kappa shape index (κ2) is 8.13. The number of piperazine rings is 1.